The number of piperidine rings is 1. The van der Waals surface area contributed by atoms with Gasteiger partial charge in [0.1, 0.15) is 11.6 Å². The highest BCUT2D eigenvalue weighted by atomic mass is 35.5. The zero-order valence-electron chi connectivity index (χ0n) is 15.0. The Bertz CT molecular complexity index is 788. The van der Waals surface area contributed by atoms with Crippen molar-refractivity contribution in [2.24, 2.45) is 5.92 Å². The van der Waals surface area contributed by atoms with Crippen LogP contribution in [0.1, 0.15) is 35.1 Å². The van der Waals surface area contributed by atoms with E-state index in [0.29, 0.717) is 54.9 Å². The third kappa shape index (κ3) is 5.24. The maximum Gasteiger partial charge on any atom is 0.253 e. The van der Waals surface area contributed by atoms with Crippen molar-refractivity contribution in [2.45, 2.75) is 26.4 Å². The second-order valence-electron chi connectivity index (χ2n) is 6.20. The van der Waals surface area contributed by atoms with E-state index in [9.17, 15) is 9.59 Å². The molecule has 3 rings (SSSR count). The molecule has 0 saturated carbocycles. The highest BCUT2D eigenvalue weighted by Gasteiger charge is 2.28. The molecule has 27 heavy (non-hydrogen) atoms. The second-order valence-corrected chi connectivity index (χ2v) is 7.70. The predicted molar refractivity (Wildman–Crippen MR) is 104 cm³/mol. The van der Waals surface area contributed by atoms with Gasteiger partial charge in [0.25, 0.3) is 5.91 Å². The number of carbonyl (C=O) groups excluding carboxylic acids is 2. The first-order chi connectivity index (χ1) is 13.1. The van der Waals surface area contributed by atoms with E-state index in [-0.39, 0.29) is 17.7 Å². The number of anilines is 1. The highest BCUT2D eigenvalue weighted by molar-refractivity contribution is 7.15. The first-order valence-electron chi connectivity index (χ1n) is 8.82. The summed E-state index contributed by atoms with van der Waals surface area (Å²) in [4.78, 5) is 26.8. The summed E-state index contributed by atoms with van der Waals surface area (Å²) in [5.41, 5.74) is 0.609. The van der Waals surface area contributed by atoms with Gasteiger partial charge in [0, 0.05) is 36.2 Å². The summed E-state index contributed by atoms with van der Waals surface area (Å²) in [6.45, 7) is 4.01. The monoisotopic (exact) mass is 408 g/mol. The molecule has 2 heterocycles. The fraction of sp³-hybridized carbons (Fsp3) is 0.444. The lowest BCUT2D eigenvalue weighted by Gasteiger charge is -2.31. The van der Waals surface area contributed by atoms with Crippen molar-refractivity contribution < 1.29 is 14.3 Å². The highest BCUT2D eigenvalue weighted by Crippen LogP contribution is 2.23. The van der Waals surface area contributed by atoms with Gasteiger partial charge >= 0.3 is 0 Å². The van der Waals surface area contributed by atoms with Gasteiger partial charge in [-0.2, -0.15) is 0 Å². The van der Waals surface area contributed by atoms with Gasteiger partial charge in [0.05, 0.1) is 0 Å². The SMILES string of the molecule is CCOCc1nnc(NC(=O)C2CCN(C(=O)c3ccc(Cl)cc3)CC2)s1. The van der Waals surface area contributed by atoms with Crippen LogP contribution >= 0.6 is 22.9 Å². The number of ether oxygens (including phenoxy) is 1. The molecule has 7 nitrogen and oxygen atoms in total. The van der Waals surface area contributed by atoms with Gasteiger partial charge in [0.15, 0.2) is 0 Å². The van der Waals surface area contributed by atoms with Gasteiger partial charge in [-0.25, -0.2) is 0 Å². The van der Waals surface area contributed by atoms with Gasteiger partial charge in [-0.05, 0) is 44.0 Å². The molecule has 1 aliphatic rings. The lowest BCUT2D eigenvalue weighted by Crippen LogP contribution is -2.41. The maximum atomic E-state index is 12.5. The van der Waals surface area contributed by atoms with Crippen LogP contribution in [0.15, 0.2) is 24.3 Å². The zero-order chi connectivity index (χ0) is 19.2. The second kappa shape index (κ2) is 9.25. The zero-order valence-corrected chi connectivity index (χ0v) is 16.6. The number of rotatable bonds is 6. The Labute approximate surface area is 166 Å². The molecular weight excluding hydrogens is 388 g/mol. The van der Waals surface area contributed by atoms with Crippen molar-refractivity contribution in [3.63, 3.8) is 0 Å². The average Bonchev–Trinajstić information content (AvgIpc) is 3.13. The van der Waals surface area contributed by atoms with Crippen LogP contribution in [0.5, 0.6) is 0 Å². The lowest BCUT2D eigenvalue weighted by atomic mass is 9.95. The summed E-state index contributed by atoms with van der Waals surface area (Å²) in [6.07, 6.45) is 1.24. The van der Waals surface area contributed by atoms with Gasteiger partial charge in [-0.1, -0.05) is 22.9 Å². The number of nitrogens with zero attached hydrogens (tertiary/aromatic N) is 3. The Balaban J connectivity index is 1.49. The lowest BCUT2D eigenvalue weighted by molar-refractivity contribution is -0.121. The van der Waals surface area contributed by atoms with E-state index in [2.05, 4.69) is 15.5 Å². The molecule has 9 heteroatoms. The van der Waals surface area contributed by atoms with Crippen LogP contribution in [-0.2, 0) is 16.1 Å². The van der Waals surface area contributed by atoms with E-state index < -0.39 is 0 Å². The van der Waals surface area contributed by atoms with Gasteiger partial charge in [-0.15, -0.1) is 10.2 Å². The van der Waals surface area contributed by atoms with E-state index in [1.54, 1.807) is 29.2 Å². The molecule has 2 aromatic rings. The number of benzene rings is 1. The van der Waals surface area contributed by atoms with Crippen LogP contribution in [-0.4, -0.2) is 46.6 Å². The Kier molecular flexibility index (Phi) is 6.76. The Morgan fingerprint density at radius 1 is 1.26 bits per heavy atom. The van der Waals surface area contributed by atoms with Crippen LogP contribution < -0.4 is 5.32 Å². The summed E-state index contributed by atoms with van der Waals surface area (Å²) in [7, 11) is 0. The van der Waals surface area contributed by atoms with Crippen molar-refractivity contribution in [3.8, 4) is 0 Å². The van der Waals surface area contributed by atoms with Gasteiger partial charge in [0.2, 0.25) is 11.0 Å². The Morgan fingerprint density at radius 3 is 2.63 bits per heavy atom. The van der Waals surface area contributed by atoms with E-state index in [4.69, 9.17) is 16.3 Å². The number of hydrogen-bond donors (Lipinski definition) is 1. The Hall–Kier alpha value is -2.03. The van der Waals surface area contributed by atoms with Crippen molar-refractivity contribution in [1.29, 1.82) is 0 Å². The Morgan fingerprint density at radius 2 is 1.96 bits per heavy atom. The van der Waals surface area contributed by atoms with Crippen molar-refractivity contribution >= 4 is 39.9 Å². The number of carbonyl (C=O) groups is 2. The van der Waals surface area contributed by atoms with Crippen LogP contribution in [0, 0.1) is 5.92 Å². The number of amides is 2. The van der Waals surface area contributed by atoms with Gasteiger partial charge in [-0.3, -0.25) is 9.59 Å². The average molecular weight is 409 g/mol. The van der Waals surface area contributed by atoms with Crippen LogP contribution in [0.25, 0.3) is 0 Å². The summed E-state index contributed by atoms with van der Waals surface area (Å²) in [6, 6.07) is 6.85. The fourth-order valence-corrected chi connectivity index (χ4v) is 3.69. The molecule has 0 aliphatic carbocycles. The van der Waals surface area contributed by atoms with Crippen molar-refractivity contribution in [3.05, 3.63) is 39.9 Å². The van der Waals surface area contributed by atoms with Crippen molar-refractivity contribution in [2.75, 3.05) is 25.0 Å². The minimum atomic E-state index is -0.140. The van der Waals surface area contributed by atoms with Crippen LogP contribution in [0.2, 0.25) is 5.02 Å². The first kappa shape index (κ1) is 19.7. The number of likely N-dealkylation sites (tertiary alicyclic amines) is 1. The molecule has 1 fully saturated rings. The molecule has 1 saturated heterocycles. The summed E-state index contributed by atoms with van der Waals surface area (Å²) < 4.78 is 5.28. The van der Waals surface area contributed by atoms with Crippen LogP contribution in [0.4, 0.5) is 5.13 Å². The molecule has 1 aromatic heterocycles. The molecule has 144 valence electrons. The molecular formula is C18H21ClN4O3S. The predicted octanol–water partition coefficient (Wildman–Crippen LogP) is 3.22. The largest absolute Gasteiger partial charge is 0.374 e. The summed E-state index contributed by atoms with van der Waals surface area (Å²) in [5, 5.41) is 12.6. The molecule has 2 amide bonds. The molecule has 0 unspecified atom stereocenters. The maximum absolute atomic E-state index is 12.5. The number of hydrogen-bond acceptors (Lipinski definition) is 6. The minimum Gasteiger partial charge on any atom is -0.374 e. The number of aromatic nitrogens is 2. The quantitative estimate of drug-likeness (QED) is 0.793. The van der Waals surface area contributed by atoms with E-state index >= 15 is 0 Å². The summed E-state index contributed by atoms with van der Waals surface area (Å²) >= 11 is 7.18. The molecule has 1 N–H and O–H groups in total. The van der Waals surface area contributed by atoms with E-state index in [0.717, 1.165) is 5.01 Å². The van der Waals surface area contributed by atoms with E-state index in [1.807, 2.05) is 6.92 Å². The fourth-order valence-electron chi connectivity index (χ4n) is 2.88. The molecule has 0 spiro atoms. The molecule has 1 aromatic carbocycles. The third-order valence-electron chi connectivity index (χ3n) is 4.37. The first-order valence-corrected chi connectivity index (χ1v) is 10.0. The number of nitrogens with one attached hydrogen (secondary N) is 1. The standard InChI is InChI=1S/C18H21ClN4O3S/c1-2-26-11-15-21-22-18(27-15)20-16(24)12-7-9-23(10-8-12)17(25)13-3-5-14(19)6-4-13/h3-6,12H,2,7-11H2,1H3,(H,20,22,24). The third-order valence-corrected chi connectivity index (χ3v) is 5.43. The molecule has 0 radical (unpaired) electrons. The molecule has 1 aliphatic heterocycles. The normalized spacial score (nSPS) is 15.0. The summed E-state index contributed by atoms with van der Waals surface area (Å²) in [5.74, 6) is -0.249. The van der Waals surface area contributed by atoms with E-state index in [1.165, 1.54) is 11.3 Å². The van der Waals surface area contributed by atoms with Crippen LogP contribution in [0.3, 0.4) is 0 Å². The van der Waals surface area contributed by atoms with Gasteiger partial charge < -0.3 is 15.0 Å². The topological polar surface area (TPSA) is 84.4 Å². The minimum absolute atomic E-state index is 0.0322. The molecule has 0 atom stereocenters. The van der Waals surface area contributed by atoms with Crippen molar-refractivity contribution in [1.82, 2.24) is 15.1 Å². The smallest absolute Gasteiger partial charge is 0.253 e. The molecule has 0 bridgehead atoms. The number of halogens is 1.